The van der Waals surface area contributed by atoms with E-state index in [2.05, 4.69) is 4.98 Å². The molecule has 0 bridgehead atoms. The van der Waals surface area contributed by atoms with Gasteiger partial charge in [0.2, 0.25) is 0 Å². The Morgan fingerprint density at radius 3 is 2.37 bits per heavy atom. The van der Waals surface area contributed by atoms with Crippen LogP contribution in [0.1, 0.15) is 15.9 Å². The lowest BCUT2D eigenvalue weighted by atomic mass is 10.2. The maximum Gasteiger partial charge on any atom is 0.338 e. The van der Waals surface area contributed by atoms with Crippen LogP contribution >= 0.6 is 0 Å². The van der Waals surface area contributed by atoms with Gasteiger partial charge in [0.15, 0.2) is 0 Å². The number of ether oxygens (including phenoxy) is 1. The fourth-order valence-corrected chi connectivity index (χ4v) is 1.43. The van der Waals surface area contributed by atoms with Crippen molar-refractivity contribution in [2.24, 2.45) is 0 Å². The Morgan fingerprint density at radius 2 is 1.79 bits per heavy atom. The van der Waals surface area contributed by atoms with Crippen molar-refractivity contribution in [1.29, 1.82) is 0 Å². The van der Waals surface area contributed by atoms with E-state index in [1.54, 1.807) is 24.5 Å². The Morgan fingerprint density at radius 1 is 1.16 bits per heavy atom. The van der Waals surface area contributed by atoms with Gasteiger partial charge in [0.25, 0.3) is 5.69 Å². The van der Waals surface area contributed by atoms with Crippen molar-refractivity contribution >= 4 is 11.7 Å². The van der Waals surface area contributed by atoms with Gasteiger partial charge in [-0.2, -0.15) is 0 Å². The summed E-state index contributed by atoms with van der Waals surface area (Å²) >= 11 is 0. The third-order valence-corrected chi connectivity index (χ3v) is 2.43. The van der Waals surface area contributed by atoms with E-state index >= 15 is 0 Å². The highest BCUT2D eigenvalue weighted by Crippen LogP contribution is 2.13. The molecule has 0 aliphatic rings. The van der Waals surface area contributed by atoms with Gasteiger partial charge in [-0.05, 0) is 29.8 Å². The fraction of sp³-hybridized carbons (Fsp3) is 0.0769. The highest BCUT2D eigenvalue weighted by atomic mass is 16.6. The van der Waals surface area contributed by atoms with Crippen molar-refractivity contribution in [1.82, 2.24) is 4.98 Å². The molecule has 0 radical (unpaired) electrons. The van der Waals surface area contributed by atoms with Gasteiger partial charge < -0.3 is 4.74 Å². The molecule has 1 aromatic carbocycles. The molecule has 96 valence electrons. The molecule has 0 unspecified atom stereocenters. The van der Waals surface area contributed by atoms with Crippen molar-refractivity contribution in [2.75, 3.05) is 0 Å². The molecule has 0 saturated carbocycles. The Bertz CT molecular complexity index is 581. The number of non-ortho nitro benzene ring substituents is 1. The van der Waals surface area contributed by atoms with Crippen LogP contribution in [0.15, 0.2) is 48.8 Å². The fourth-order valence-electron chi connectivity index (χ4n) is 1.43. The van der Waals surface area contributed by atoms with Crippen LogP contribution in [0.4, 0.5) is 5.69 Å². The minimum Gasteiger partial charge on any atom is -0.457 e. The number of nitro benzene ring substituents is 1. The molecule has 6 nitrogen and oxygen atoms in total. The predicted octanol–water partition coefficient (Wildman–Crippen LogP) is 2.35. The molecule has 0 aliphatic carbocycles. The number of hydrogen-bond donors (Lipinski definition) is 0. The molecule has 2 rings (SSSR count). The SMILES string of the molecule is O=C(OCc1ccncc1)c1ccc([N+](=O)[O-])cc1. The molecule has 19 heavy (non-hydrogen) atoms. The number of benzene rings is 1. The molecule has 0 fully saturated rings. The largest absolute Gasteiger partial charge is 0.457 e. The minimum absolute atomic E-state index is 0.0642. The van der Waals surface area contributed by atoms with Crippen LogP contribution in [0.3, 0.4) is 0 Å². The van der Waals surface area contributed by atoms with Gasteiger partial charge in [0, 0.05) is 24.5 Å². The molecule has 0 spiro atoms. The van der Waals surface area contributed by atoms with Gasteiger partial charge in [0.1, 0.15) is 6.61 Å². The number of pyridine rings is 1. The van der Waals surface area contributed by atoms with E-state index in [9.17, 15) is 14.9 Å². The molecule has 0 saturated heterocycles. The van der Waals surface area contributed by atoms with E-state index in [4.69, 9.17) is 4.74 Å². The van der Waals surface area contributed by atoms with Gasteiger partial charge >= 0.3 is 5.97 Å². The first-order valence-electron chi connectivity index (χ1n) is 5.47. The number of esters is 1. The van der Waals surface area contributed by atoms with Crippen LogP contribution in [-0.2, 0) is 11.3 Å². The van der Waals surface area contributed by atoms with E-state index in [-0.39, 0.29) is 17.9 Å². The summed E-state index contributed by atoms with van der Waals surface area (Å²) in [4.78, 5) is 25.5. The van der Waals surface area contributed by atoms with E-state index in [1.807, 2.05) is 0 Å². The second-order valence-electron chi connectivity index (χ2n) is 3.74. The highest BCUT2D eigenvalue weighted by Gasteiger charge is 2.10. The lowest BCUT2D eigenvalue weighted by molar-refractivity contribution is -0.384. The molecule has 1 heterocycles. The zero-order valence-corrected chi connectivity index (χ0v) is 9.85. The first kappa shape index (κ1) is 12.7. The number of nitrogens with zero attached hydrogens (tertiary/aromatic N) is 2. The number of aromatic nitrogens is 1. The standard InChI is InChI=1S/C13H10N2O4/c16-13(19-9-10-5-7-14-8-6-10)11-1-3-12(4-2-11)15(17)18/h1-8H,9H2. The van der Waals surface area contributed by atoms with Crippen LogP contribution in [0.5, 0.6) is 0 Å². The van der Waals surface area contributed by atoms with Gasteiger partial charge in [-0.25, -0.2) is 4.79 Å². The van der Waals surface area contributed by atoms with Crippen molar-refractivity contribution in [3.63, 3.8) is 0 Å². The average Bonchev–Trinajstić information content (AvgIpc) is 2.46. The number of hydrogen-bond acceptors (Lipinski definition) is 5. The molecule has 0 N–H and O–H groups in total. The topological polar surface area (TPSA) is 82.3 Å². The molecule has 2 aromatic rings. The molecule has 6 heteroatoms. The van der Waals surface area contributed by atoms with Crippen LogP contribution in [0.2, 0.25) is 0 Å². The summed E-state index contributed by atoms with van der Waals surface area (Å²) in [6, 6.07) is 8.75. The molecular formula is C13H10N2O4. The van der Waals surface area contributed by atoms with Crippen molar-refractivity contribution in [2.45, 2.75) is 6.61 Å². The minimum atomic E-state index is -0.522. The second-order valence-corrected chi connectivity index (χ2v) is 3.74. The first-order chi connectivity index (χ1) is 9.16. The lowest BCUT2D eigenvalue weighted by Crippen LogP contribution is -2.05. The van der Waals surface area contributed by atoms with Gasteiger partial charge in [-0.1, -0.05) is 0 Å². The Hall–Kier alpha value is -2.76. The van der Waals surface area contributed by atoms with Crippen LogP contribution in [-0.4, -0.2) is 15.9 Å². The quantitative estimate of drug-likeness (QED) is 0.477. The molecule has 0 amide bonds. The van der Waals surface area contributed by atoms with Gasteiger partial charge in [-0.15, -0.1) is 0 Å². The zero-order chi connectivity index (χ0) is 13.7. The van der Waals surface area contributed by atoms with E-state index < -0.39 is 10.9 Å². The van der Waals surface area contributed by atoms with E-state index in [0.29, 0.717) is 0 Å². The van der Waals surface area contributed by atoms with Gasteiger partial charge in [0.05, 0.1) is 10.5 Å². The maximum atomic E-state index is 11.7. The third-order valence-electron chi connectivity index (χ3n) is 2.43. The summed E-state index contributed by atoms with van der Waals surface area (Å²) in [5, 5.41) is 10.5. The summed E-state index contributed by atoms with van der Waals surface area (Å²) in [5.41, 5.74) is 1.04. The summed E-state index contributed by atoms with van der Waals surface area (Å²) in [6.45, 7) is 0.137. The van der Waals surface area contributed by atoms with Crippen LogP contribution in [0, 0.1) is 10.1 Å². The number of carbonyl (C=O) groups is 1. The molecule has 1 aromatic heterocycles. The zero-order valence-electron chi connectivity index (χ0n) is 9.85. The Labute approximate surface area is 108 Å². The maximum absolute atomic E-state index is 11.7. The van der Waals surface area contributed by atoms with Crippen molar-refractivity contribution in [3.8, 4) is 0 Å². The molecule has 0 aliphatic heterocycles. The monoisotopic (exact) mass is 258 g/mol. The average molecular weight is 258 g/mol. The summed E-state index contributed by atoms with van der Waals surface area (Å²) in [7, 11) is 0. The second kappa shape index (κ2) is 5.72. The van der Waals surface area contributed by atoms with Gasteiger partial charge in [-0.3, -0.25) is 15.1 Å². The van der Waals surface area contributed by atoms with Crippen molar-refractivity contribution in [3.05, 3.63) is 70.0 Å². The summed E-state index contributed by atoms with van der Waals surface area (Å²) in [5.74, 6) is -0.522. The summed E-state index contributed by atoms with van der Waals surface area (Å²) in [6.07, 6.45) is 3.21. The highest BCUT2D eigenvalue weighted by molar-refractivity contribution is 5.89. The van der Waals surface area contributed by atoms with E-state index in [1.165, 1.54) is 24.3 Å². The van der Waals surface area contributed by atoms with Crippen LogP contribution in [0.25, 0.3) is 0 Å². The van der Waals surface area contributed by atoms with Crippen molar-refractivity contribution < 1.29 is 14.5 Å². The number of nitro groups is 1. The normalized spacial score (nSPS) is 9.89. The van der Waals surface area contributed by atoms with E-state index in [0.717, 1.165) is 5.56 Å². The third kappa shape index (κ3) is 3.35. The number of rotatable bonds is 4. The first-order valence-corrected chi connectivity index (χ1v) is 5.47. The number of carbonyl (C=O) groups excluding carboxylic acids is 1. The Kier molecular flexibility index (Phi) is 3.82. The lowest BCUT2D eigenvalue weighted by Gasteiger charge is -2.04. The molecule has 0 atom stereocenters. The molecular weight excluding hydrogens is 248 g/mol. The predicted molar refractivity (Wildman–Crippen MR) is 66.5 cm³/mol. The summed E-state index contributed by atoms with van der Waals surface area (Å²) < 4.78 is 5.08. The smallest absolute Gasteiger partial charge is 0.338 e. The Balaban J connectivity index is 1.98. The van der Waals surface area contributed by atoms with Crippen LogP contribution < -0.4 is 0 Å².